The van der Waals surface area contributed by atoms with Crippen LogP contribution in [0.4, 0.5) is 0 Å². The zero-order chi connectivity index (χ0) is 12.7. The van der Waals surface area contributed by atoms with Crippen molar-refractivity contribution in [2.75, 3.05) is 0 Å². The van der Waals surface area contributed by atoms with Gasteiger partial charge < -0.3 is 5.73 Å². The molecule has 3 nitrogen and oxygen atoms in total. The van der Waals surface area contributed by atoms with E-state index in [1.165, 1.54) is 29.7 Å². The van der Waals surface area contributed by atoms with E-state index in [1.807, 2.05) is 0 Å². The van der Waals surface area contributed by atoms with Crippen LogP contribution in [-0.4, -0.2) is 9.78 Å². The van der Waals surface area contributed by atoms with E-state index in [0.717, 1.165) is 11.4 Å². The molecule has 1 aromatic carbocycles. The monoisotopic (exact) mass is 241 g/mol. The van der Waals surface area contributed by atoms with Crippen LogP contribution in [0.5, 0.6) is 0 Å². The summed E-state index contributed by atoms with van der Waals surface area (Å²) in [6.45, 7) is 4.76. The second kappa shape index (κ2) is 4.25. The van der Waals surface area contributed by atoms with Crippen molar-refractivity contribution in [3.05, 3.63) is 46.8 Å². The zero-order valence-corrected chi connectivity index (χ0v) is 11.0. The van der Waals surface area contributed by atoms with Crippen molar-refractivity contribution >= 4 is 0 Å². The smallest absolute Gasteiger partial charge is 0.0767 e. The molecule has 1 heterocycles. The first-order chi connectivity index (χ1) is 8.67. The molecule has 0 amide bonds. The minimum Gasteiger partial charge on any atom is -0.325 e. The number of hydrogen-bond acceptors (Lipinski definition) is 2. The normalized spacial score (nSPS) is 15.1. The third kappa shape index (κ3) is 2.06. The van der Waals surface area contributed by atoms with Gasteiger partial charge in [0.25, 0.3) is 0 Å². The predicted molar refractivity (Wildman–Crippen MR) is 72.9 cm³/mol. The second-order valence-electron chi connectivity index (χ2n) is 5.30. The number of benzene rings is 1. The van der Waals surface area contributed by atoms with E-state index in [9.17, 15) is 0 Å². The molecule has 2 N–H and O–H groups in total. The van der Waals surface area contributed by atoms with Crippen LogP contribution in [0.15, 0.2) is 24.3 Å². The fraction of sp³-hybridized carbons (Fsp3) is 0.400. The molecule has 1 fully saturated rings. The van der Waals surface area contributed by atoms with Crippen molar-refractivity contribution in [1.29, 1.82) is 0 Å². The summed E-state index contributed by atoms with van der Waals surface area (Å²) in [4.78, 5) is 0. The van der Waals surface area contributed by atoms with Gasteiger partial charge in [0.15, 0.2) is 0 Å². The van der Waals surface area contributed by atoms with Gasteiger partial charge in [-0.15, -0.1) is 0 Å². The van der Waals surface area contributed by atoms with Crippen LogP contribution in [0.3, 0.4) is 0 Å². The molecule has 0 radical (unpaired) electrons. The molecule has 1 aliphatic rings. The molecule has 3 heteroatoms. The Labute approximate surface area is 108 Å². The molecule has 0 atom stereocenters. The van der Waals surface area contributed by atoms with Gasteiger partial charge in [0.05, 0.1) is 11.4 Å². The Bertz CT molecular complexity index is 559. The Balaban J connectivity index is 2.11. The van der Waals surface area contributed by atoms with Gasteiger partial charge in [-0.3, -0.25) is 0 Å². The van der Waals surface area contributed by atoms with Crippen molar-refractivity contribution in [3.63, 3.8) is 0 Å². The maximum Gasteiger partial charge on any atom is 0.0767 e. The molecule has 1 saturated carbocycles. The van der Waals surface area contributed by atoms with Crippen molar-refractivity contribution < 1.29 is 0 Å². The lowest BCUT2D eigenvalue weighted by molar-refractivity contribution is 0.784. The van der Waals surface area contributed by atoms with Crippen LogP contribution in [0.1, 0.15) is 41.3 Å². The highest BCUT2D eigenvalue weighted by atomic mass is 15.3. The third-order valence-electron chi connectivity index (χ3n) is 3.44. The third-order valence-corrected chi connectivity index (χ3v) is 3.44. The average molecular weight is 241 g/mol. The van der Waals surface area contributed by atoms with E-state index in [1.54, 1.807) is 0 Å². The lowest BCUT2D eigenvalue weighted by Crippen LogP contribution is -2.03. The second-order valence-corrected chi connectivity index (χ2v) is 5.30. The first-order valence-corrected chi connectivity index (χ1v) is 6.55. The van der Waals surface area contributed by atoms with Crippen LogP contribution in [-0.2, 0) is 6.54 Å². The molecule has 3 rings (SSSR count). The Kier molecular flexibility index (Phi) is 2.71. The maximum atomic E-state index is 5.71. The van der Waals surface area contributed by atoms with Gasteiger partial charge in [0, 0.05) is 18.2 Å². The fourth-order valence-corrected chi connectivity index (χ4v) is 2.50. The van der Waals surface area contributed by atoms with E-state index in [4.69, 9.17) is 5.73 Å². The Morgan fingerprint density at radius 2 is 1.83 bits per heavy atom. The van der Waals surface area contributed by atoms with Crippen molar-refractivity contribution in [1.82, 2.24) is 9.78 Å². The van der Waals surface area contributed by atoms with Crippen molar-refractivity contribution in [3.8, 4) is 5.69 Å². The van der Waals surface area contributed by atoms with Crippen LogP contribution < -0.4 is 5.73 Å². The average Bonchev–Trinajstić information content (AvgIpc) is 3.07. The summed E-state index contributed by atoms with van der Waals surface area (Å²) in [5.41, 5.74) is 11.7. The van der Waals surface area contributed by atoms with Gasteiger partial charge in [-0.2, -0.15) is 5.10 Å². The highest BCUT2D eigenvalue weighted by Crippen LogP contribution is 2.41. The van der Waals surface area contributed by atoms with Gasteiger partial charge in [-0.1, -0.05) is 6.07 Å². The van der Waals surface area contributed by atoms with E-state index < -0.39 is 0 Å². The van der Waals surface area contributed by atoms with Gasteiger partial charge in [0.2, 0.25) is 0 Å². The fourth-order valence-electron chi connectivity index (χ4n) is 2.50. The molecule has 0 bridgehead atoms. The SMILES string of the molecule is Cc1cc(C)cc(-n2nc(CN)cc2C2CC2)c1. The van der Waals surface area contributed by atoms with Gasteiger partial charge in [-0.25, -0.2) is 4.68 Å². The number of rotatable bonds is 3. The van der Waals surface area contributed by atoms with E-state index in [0.29, 0.717) is 12.5 Å². The molecule has 18 heavy (non-hydrogen) atoms. The summed E-state index contributed by atoms with van der Waals surface area (Å²) in [6, 6.07) is 8.72. The van der Waals surface area contributed by atoms with Crippen LogP contribution in [0, 0.1) is 13.8 Å². The summed E-state index contributed by atoms with van der Waals surface area (Å²) >= 11 is 0. The number of nitrogens with two attached hydrogens (primary N) is 1. The van der Waals surface area contributed by atoms with Gasteiger partial charge in [0.1, 0.15) is 0 Å². The molecule has 2 aromatic rings. The Morgan fingerprint density at radius 1 is 1.17 bits per heavy atom. The summed E-state index contributed by atoms with van der Waals surface area (Å²) < 4.78 is 2.08. The minimum absolute atomic E-state index is 0.511. The molecule has 1 aromatic heterocycles. The molecule has 0 spiro atoms. The first kappa shape index (κ1) is 11.5. The number of aryl methyl sites for hydroxylation is 2. The quantitative estimate of drug-likeness (QED) is 0.898. The van der Waals surface area contributed by atoms with E-state index in [-0.39, 0.29) is 0 Å². The standard InChI is InChI=1S/C15H19N3/c1-10-5-11(2)7-14(6-10)18-15(12-3-4-12)8-13(9-16)17-18/h5-8,12H,3-4,9,16H2,1-2H3. The summed E-state index contributed by atoms with van der Waals surface area (Å²) in [6.07, 6.45) is 2.56. The lowest BCUT2D eigenvalue weighted by atomic mass is 10.1. The van der Waals surface area contributed by atoms with Crippen molar-refractivity contribution in [2.24, 2.45) is 5.73 Å². The molecular formula is C15H19N3. The largest absolute Gasteiger partial charge is 0.325 e. The minimum atomic E-state index is 0.511. The van der Waals surface area contributed by atoms with Gasteiger partial charge >= 0.3 is 0 Å². The zero-order valence-electron chi connectivity index (χ0n) is 11.0. The van der Waals surface area contributed by atoms with Gasteiger partial charge in [-0.05, 0) is 56.0 Å². The highest BCUT2D eigenvalue weighted by Gasteiger charge is 2.28. The molecule has 0 aliphatic heterocycles. The summed E-state index contributed by atoms with van der Waals surface area (Å²) in [7, 11) is 0. The van der Waals surface area contributed by atoms with Crippen LogP contribution in [0.2, 0.25) is 0 Å². The summed E-state index contributed by atoms with van der Waals surface area (Å²) in [5, 5.41) is 4.63. The molecular weight excluding hydrogens is 222 g/mol. The topological polar surface area (TPSA) is 43.8 Å². The van der Waals surface area contributed by atoms with Crippen LogP contribution >= 0.6 is 0 Å². The number of nitrogens with zero attached hydrogens (tertiary/aromatic N) is 2. The van der Waals surface area contributed by atoms with E-state index >= 15 is 0 Å². The first-order valence-electron chi connectivity index (χ1n) is 6.55. The molecule has 0 saturated heterocycles. The lowest BCUT2D eigenvalue weighted by Gasteiger charge is -2.08. The summed E-state index contributed by atoms with van der Waals surface area (Å²) in [5.74, 6) is 0.679. The molecule has 94 valence electrons. The maximum absolute atomic E-state index is 5.71. The van der Waals surface area contributed by atoms with Crippen LogP contribution in [0.25, 0.3) is 5.69 Å². The van der Waals surface area contributed by atoms with E-state index in [2.05, 4.69) is 47.9 Å². The van der Waals surface area contributed by atoms with Crippen molar-refractivity contribution in [2.45, 2.75) is 39.2 Å². The highest BCUT2D eigenvalue weighted by molar-refractivity contribution is 5.41. The Morgan fingerprint density at radius 3 is 2.39 bits per heavy atom. The molecule has 1 aliphatic carbocycles. The number of aromatic nitrogens is 2. The number of hydrogen-bond donors (Lipinski definition) is 1. The Hall–Kier alpha value is -1.61. The molecule has 0 unspecified atom stereocenters. The predicted octanol–water partition coefficient (Wildman–Crippen LogP) is 2.83.